The molecule has 0 fully saturated rings. The first kappa shape index (κ1) is 27.9. The third-order valence-electron chi connectivity index (χ3n) is 5.76. The zero-order chi connectivity index (χ0) is 26.9. The van der Waals surface area contributed by atoms with Gasteiger partial charge in [-0.1, -0.05) is 96.1 Å². The summed E-state index contributed by atoms with van der Waals surface area (Å²) in [6.45, 7) is 5.85. The third kappa shape index (κ3) is 9.37. The number of aliphatic hydroxyl groups is 1. The molecule has 0 aliphatic rings. The number of hydrogen-bond acceptors (Lipinski definition) is 5. The maximum absolute atomic E-state index is 13.1. The molecular weight excluding hydrogens is 466 g/mol. The molecule has 0 aromatic heterocycles. The van der Waals surface area contributed by atoms with Gasteiger partial charge in [-0.25, -0.2) is 4.79 Å². The van der Waals surface area contributed by atoms with E-state index in [-0.39, 0.29) is 17.0 Å². The molecule has 196 valence electrons. The minimum atomic E-state index is -1.02. The summed E-state index contributed by atoms with van der Waals surface area (Å²) in [6.07, 6.45) is -1.24. The Balaban J connectivity index is 1.90. The molecule has 0 spiro atoms. The predicted molar refractivity (Wildman–Crippen MR) is 143 cm³/mol. The molecule has 3 atom stereocenters. The molecule has 3 aromatic rings. The average Bonchev–Trinajstić information content (AvgIpc) is 2.84. The normalized spacial score (nSPS) is 15.3. The molecule has 0 heterocycles. The highest BCUT2D eigenvalue weighted by Crippen LogP contribution is 2.18. The van der Waals surface area contributed by atoms with Crippen LogP contribution in [0.1, 0.15) is 37.5 Å². The Hall–Kier alpha value is -3.68. The minimum Gasteiger partial charge on any atom is -0.855 e. The van der Waals surface area contributed by atoms with Crippen LogP contribution in [0, 0.1) is 0 Å². The van der Waals surface area contributed by atoms with Crippen molar-refractivity contribution in [3.63, 3.8) is 0 Å². The quantitative estimate of drug-likeness (QED) is 0.190. The van der Waals surface area contributed by atoms with Crippen molar-refractivity contribution in [3.8, 4) is 0 Å². The van der Waals surface area contributed by atoms with Crippen LogP contribution < -0.4 is 10.4 Å². The summed E-state index contributed by atoms with van der Waals surface area (Å²) >= 11 is 0. The van der Waals surface area contributed by atoms with Crippen molar-refractivity contribution in [2.75, 3.05) is 13.6 Å². The van der Waals surface area contributed by atoms with E-state index >= 15 is 0 Å². The fraction of sp³-hybridized carbons (Fsp3) is 0.333. The van der Waals surface area contributed by atoms with Gasteiger partial charge < -0.3 is 20.3 Å². The molecule has 0 bridgehead atoms. The second-order valence-corrected chi connectivity index (χ2v) is 10.4. The summed E-state index contributed by atoms with van der Waals surface area (Å²) in [5.41, 5.74) is 1.72. The third-order valence-corrected chi connectivity index (χ3v) is 5.76. The minimum absolute atomic E-state index is 0.0970. The Morgan fingerprint density at radius 3 is 2.00 bits per heavy atom. The molecule has 0 unspecified atom stereocenters. The van der Waals surface area contributed by atoms with Crippen LogP contribution in [-0.4, -0.2) is 53.0 Å². The number of aliphatic hydroxyl groups excluding tert-OH is 1. The zero-order valence-corrected chi connectivity index (χ0v) is 22.0. The van der Waals surface area contributed by atoms with Gasteiger partial charge in [-0.05, 0) is 38.3 Å². The van der Waals surface area contributed by atoms with Crippen LogP contribution in [0.25, 0.3) is 0 Å². The summed E-state index contributed by atoms with van der Waals surface area (Å²) in [6, 6.07) is 27.5. The van der Waals surface area contributed by atoms with E-state index in [0.717, 1.165) is 11.1 Å². The van der Waals surface area contributed by atoms with Gasteiger partial charge in [-0.3, -0.25) is 0 Å². The monoisotopic (exact) mass is 503 g/mol. The zero-order valence-electron chi connectivity index (χ0n) is 22.0. The smallest absolute Gasteiger partial charge is 0.407 e. The molecule has 0 aliphatic carbocycles. The number of carbonyl (C=O) groups excluding carboxylic acids is 1. The van der Waals surface area contributed by atoms with Gasteiger partial charge in [-0.2, -0.15) is 4.59 Å². The van der Waals surface area contributed by atoms with Crippen LogP contribution in [0.5, 0.6) is 0 Å². The summed E-state index contributed by atoms with van der Waals surface area (Å²) in [4.78, 5) is 12.7. The van der Waals surface area contributed by atoms with Crippen molar-refractivity contribution in [2.45, 2.75) is 51.5 Å². The highest BCUT2D eigenvalue weighted by atomic mass is 16.6. The van der Waals surface area contributed by atoms with Gasteiger partial charge in [0.2, 0.25) is 0 Å². The fourth-order valence-electron chi connectivity index (χ4n) is 4.12. The van der Waals surface area contributed by atoms with Crippen molar-refractivity contribution < 1.29 is 24.3 Å². The SMILES string of the molecule is CC(C)(C)OC(=O)N[C@@H](Cc1ccccc1)[C@@H](O)C[N@@+](C)(Cc1ccccc1)/N=C(\[O-])c1ccccc1. The van der Waals surface area contributed by atoms with Crippen molar-refractivity contribution in [1.82, 2.24) is 5.32 Å². The molecule has 3 rings (SSSR count). The number of likely N-dealkylation sites (N-methyl/N-ethyl adjacent to an activating group) is 1. The molecule has 0 radical (unpaired) electrons. The molecule has 37 heavy (non-hydrogen) atoms. The number of nitrogens with one attached hydrogen (secondary N) is 1. The lowest BCUT2D eigenvalue weighted by Gasteiger charge is -2.34. The summed E-state index contributed by atoms with van der Waals surface area (Å²) < 4.78 is 5.36. The number of benzene rings is 3. The van der Waals surface area contributed by atoms with Gasteiger partial charge >= 0.3 is 6.09 Å². The molecule has 7 heteroatoms. The lowest BCUT2D eigenvalue weighted by atomic mass is 10.0. The summed E-state index contributed by atoms with van der Waals surface area (Å²) in [7, 11) is 1.81. The van der Waals surface area contributed by atoms with E-state index in [1.807, 2.05) is 73.8 Å². The first-order valence-electron chi connectivity index (χ1n) is 12.5. The summed E-state index contributed by atoms with van der Waals surface area (Å²) in [5, 5.41) is 31.9. The van der Waals surface area contributed by atoms with Gasteiger partial charge in [0.05, 0.1) is 19.0 Å². The number of hydrogen-bond donors (Lipinski definition) is 2. The number of amides is 1. The van der Waals surface area contributed by atoms with Gasteiger partial charge in [0.15, 0.2) is 0 Å². The van der Waals surface area contributed by atoms with Gasteiger partial charge in [-0.15, -0.1) is 0 Å². The van der Waals surface area contributed by atoms with Gasteiger partial charge in [0, 0.05) is 5.56 Å². The lowest BCUT2D eigenvalue weighted by Crippen LogP contribution is -2.54. The largest absolute Gasteiger partial charge is 0.855 e. The van der Waals surface area contributed by atoms with E-state index < -0.39 is 23.8 Å². The van der Waals surface area contributed by atoms with Crippen LogP contribution in [0.15, 0.2) is 96.1 Å². The maximum Gasteiger partial charge on any atom is 0.407 e. The number of ether oxygens (including phenoxy) is 1. The highest BCUT2D eigenvalue weighted by Gasteiger charge is 2.33. The number of alkyl carbamates (subject to hydrolysis) is 1. The number of rotatable bonds is 10. The van der Waals surface area contributed by atoms with Crippen molar-refractivity contribution in [3.05, 3.63) is 108 Å². The fourth-order valence-corrected chi connectivity index (χ4v) is 4.12. The van der Waals surface area contributed by atoms with Crippen LogP contribution in [0.4, 0.5) is 4.79 Å². The molecule has 3 aromatic carbocycles. The van der Waals surface area contributed by atoms with Crippen molar-refractivity contribution >= 4 is 12.0 Å². The first-order chi connectivity index (χ1) is 17.5. The molecular formula is C30H37N3O4. The Morgan fingerprint density at radius 2 is 1.46 bits per heavy atom. The van der Waals surface area contributed by atoms with E-state index in [0.29, 0.717) is 18.5 Å². The predicted octanol–water partition coefficient (Wildman–Crippen LogP) is 3.85. The van der Waals surface area contributed by atoms with E-state index in [1.165, 1.54) is 0 Å². The molecule has 7 nitrogen and oxygen atoms in total. The summed E-state index contributed by atoms with van der Waals surface area (Å²) in [5.74, 6) is -0.369. The van der Waals surface area contributed by atoms with E-state index in [2.05, 4.69) is 10.4 Å². The van der Waals surface area contributed by atoms with E-state index in [4.69, 9.17) is 4.74 Å². The lowest BCUT2D eigenvalue weighted by molar-refractivity contribution is -0.933. The molecule has 2 N–H and O–H groups in total. The van der Waals surface area contributed by atoms with Crippen LogP contribution >= 0.6 is 0 Å². The molecule has 1 amide bonds. The van der Waals surface area contributed by atoms with Gasteiger partial charge in [0.25, 0.3) is 0 Å². The number of carbonyl (C=O) groups is 1. The van der Waals surface area contributed by atoms with Gasteiger partial charge in [0.1, 0.15) is 24.8 Å². The molecule has 0 saturated carbocycles. The van der Waals surface area contributed by atoms with Crippen LogP contribution in [0.2, 0.25) is 0 Å². The molecule has 0 saturated heterocycles. The van der Waals surface area contributed by atoms with Crippen molar-refractivity contribution in [2.24, 2.45) is 5.10 Å². The van der Waals surface area contributed by atoms with Crippen molar-refractivity contribution in [1.29, 1.82) is 0 Å². The Labute approximate surface area is 219 Å². The van der Waals surface area contributed by atoms with Crippen LogP contribution in [0.3, 0.4) is 0 Å². The Bertz CT molecular complexity index is 1150. The second-order valence-electron chi connectivity index (χ2n) is 10.4. The van der Waals surface area contributed by atoms with Crippen LogP contribution in [-0.2, 0) is 17.7 Å². The topological polar surface area (TPSA) is 94.0 Å². The van der Waals surface area contributed by atoms with E-state index in [1.54, 1.807) is 45.0 Å². The Morgan fingerprint density at radius 1 is 0.946 bits per heavy atom. The highest BCUT2D eigenvalue weighted by molar-refractivity contribution is 5.89. The molecule has 0 aliphatic heterocycles. The Kier molecular flexibility index (Phi) is 9.44. The first-order valence-corrected chi connectivity index (χ1v) is 12.5. The second kappa shape index (κ2) is 12.5. The average molecular weight is 504 g/mol. The number of quaternary nitrogens is 1. The maximum atomic E-state index is 13.1. The van der Waals surface area contributed by atoms with E-state index in [9.17, 15) is 15.0 Å². The standard InChI is InChI=1S/C30H37N3O4/c1-30(2,3)37-29(36)31-26(20-23-14-8-5-9-15-23)27(34)22-33(4,21-24-16-10-6-11-17-24)32-28(35)25-18-12-7-13-19-25/h5-19,26-27,34H,20-22H2,1-4H3,(H-,31,32,35,36)/t26-,27-,33+/m0/s1. The number of nitrogens with zero attached hydrogens (tertiary/aromatic N) is 2.